The molecule has 0 heterocycles. The van der Waals surface area contributed by atoms with Gasteiger partial charge in [-0.3, -0.25) is 0 Å². The second-order valence-electron chi connectivity index (χ2n) is 4.45. The quantitative estimate of drug-likeness (QED) is 0.511. The molecular formula is C13H22P+. The predicted octanol–water partition coefficient (Wildman–Crippen LogP) is 3.78. The monoisotopic (exact) mass is 209 g/mol. The minimum Gasteiger partial charge on any atom is -0.0654 e. The molecule has 0 nitrogen and oxygen atoms in total. The van der Waals surface area contributed by atoms with Crippen LogP contribution in [0.15, 0.2) is 30.3 Å². The van der Waals surface area contributed by atoms with E-state index < -0.39 is 7.26 Å². The first-order valence-electron chi connectivity index (χ1n) is 5.55. The Bertz CT molecular complexity index is 251. The maximum Gasteiger partial charge on any atom is 0.0933 e. The van der Waals surface area contributed by atoms with Gasteiger partial charge in [-0.1, -0.05) is 38.0 Å². The van der Waals surface area contributed by atoms with E-state index in [0.29, 0.717) is 0 Å². The van der Waals surface area contributed by atoms with E-state index >= 15 is 0 Å². The Kier molecular flexibility index (Phi) is 4.62. The summed E-state index contributed by atoms with van der Waals surface area (Å²) < 4.78 is 0. The fourth-order valence-electron chi connectivity index (χ4n) is 1.72. The second-order valence-corrected chi connectivity index (χ2v) is 8.78. The van der Waals surface area contributed by atoms with Crippen molar-refractivity contribution in [2.45, 2.75) is 26.2 Å². The SMILES string of the molecule is CCCCC[P+](C)(C)c1ccccc1. The number of rotatable bonds is 5. The van der Waals surface area contributed by atoms with E-state index in [9.17, 15) is 0 Å². The molecule has 0 radical (unpaired) electrons. The lowest BCUT2D eigenvalue weighted by molar-refractivity contribution is 0.775. The first kappa shape index (κ1) is 11.7. The first-order chi connectivity index (χ1) is 6.67. The Morgan fingerprint density at radius 3 is 2.21 bits per heavy atom. The Morgan fingerprint density at radius 2 is 1.64 bits per heavy atom. The van der Waals surface area contributed by atoms with Crippen LogP contribution in [0.1, 0.15) is 26.2 Å². The zero-order valence-electron chi connectivity index (χ0n) is 9.66. The van der Waals surface area contributed by atoms with Crippen molar-refractivity contribution in [2.75, 3.05) is 19.5 Å². The predicted molar refractivity (Wildman–Crippen MR) is 69.2 cm³/mol. The molecule has 1 aromatic rings. The fraction of sp³-hybridized carbons (Fsp3) is 0.538. The number of unbranched alkanes of at least 4 members (excludes halogenated alkanes) is 2. The molecule has 0 bridgehead atoms. The van der Waals surface area contributed by atoms with Gasteiger partial charge in [0.2, 0.25) is 0 Å². The van der Waals surface area contributed by atoms with Crippen LogP contribution in [0.2, 0.25) is 0 Å². The number of hydrogen-bond acceptors (Lipinski definition) is 0. The largest absolute Gasteiger partial charge is 0.0933 e. The smallest absolute Gasteiger partial charge is 0.0654 e. The topological polar surface area (TPSA) is 0 Å². The van der Waals surface area contributed by atoms with Crippen LogP contribution in [0.5, 0.6) is 0 Å². The Morgan fingerprint density at radius 1 is 1.00 bits per heavy atom. The maximum atomic E-state index is 2.46. The van der Waals surface area contributed by atoms with E-state index in [1.165, 1.54) is 25.4 Å². The van der Waals surface area contributed by atoms with Gasteiger partial charge in [-0.05, 0) is 18.6 Å². The van der Waals surface area contributed by atoms with E-state index in [4.69, 9.17) is 0 Å². The average Bonchev–Trinajstić information content (AvgIpc) is 2.19. The summed E-state index contributed by atoms with van der Waals surface area (Å²) >= 11 is 0. The molecule has 0 atom stereocenters. The minimum atomic E-state index is -0.825. The van der Waals surface area contributed by atoms with E-state index in [1.54, 1.807) is 5.30 Å². The Labute approximate surface area is 89.1 Å². The van der Waals surface area contributed by atoms with Crippen molar-refractivity contribution in [3.63, 3.8) is 0 Å². The van der Waals surface area contributed by atoms with Gasteiger partial charge >= 0.3 is 0 Å². The van der Waals surface area contributed by atoms with Crippen molar-refractivity contribution in [3.8, 4) is 0 Å². The van der Waals surface area contributed by atoms with Gasteiger partial charge in [-0.2, -0.15) is 0 Å². The Balaban J connectivity index is 2.56. The molecular weight excluding hydrogens is 187 g/mol. The molecule has 0 aromatic heterocycles. The Hall–Kier alpha value is -0.350. The van der Waals surface area contributed by atoms with Crippen molar-refractivity contribution >= 4 is 12.6 Å². The highest BCUT2D eigenvalue weighted by Gasteiger charge is 2.26. The van der Waals surface area contributed by atoms with E-state index in [-0.39, 0.29) is 0 Å². The molecule has 14 heavy (non-hydrogen) atoms. The van der Waals surface area contributed by atoms with Crippen LogP contribution in [0.25, 0.3) is 0 Å². The van der Waals surface area contributed by atoms with Gasteiger partial charge in [0.25, 0.3) is 0 Å². The zero-order chi connectivity index (χ0) is 10.4. The average molecular weight is 209 g/mol. The molecule has 0 fully saturated rings. The van der Waals surface area contributed by atoms with Crippen LogP contribution >= 0.6 is 7.26 Å². The zero-order valence-corrected chi connectivity index (χ0v) is 10.6. The van der Waals surface area contributed by atoms with Gasteiger partial charge in [-0.25, -0.2) is 0 Å². The summed E-state index contributed by atoms with van der Waals surface area (Å²) in [5.74, 6) is 0. The molecule has 0 saturated heterocycles. The van der Waals surface area contributed by atoms with Gasteiger partial charge in [-0.15, -0.1) is 0 Å². The lowest BCUT2D eigenvalue weighted by Crippen LogP contribution is -2.11. The highest BCUT2D eigenvalue weighted by atomic mass is 31.2. The molecule has 1 heteroatoms. The summed E-state index contributed by atoms with van der Waals surface area (Å²) in [5.41, 5.74) is 0. The number of benzene rings is 1. The molecule has 0 spiro atoms. The van der Waals surface area contributed by atoms with Gasteiger partial charge in [0, 0.05) is 7.26 Å². The molecule has 78 valence electrons. The molecule has 0 aliphatic heterocycles. The standard InChI is InChI=1S/C13H22P/c1-4-5-9-12-14(2,3)13-10-7-6-8-11-13/h6-8,10-11H,4-5,9,12H2,1-3H3/q+1. The van der Waals surface area contributed by atoms with E-state index in [0.717, 1.165) is 0 Å². The van der Waals surface area contributed by atoms with Crippen LogP contribution < -0.4 is 5.30 Å². The molecule has 1 rings (SSSR count). The van der Waals surface area contributed by atoms with Gasteiger partial charge < -0.3 is 0 Å². The van der Waals surface area contributed by atoms with Gasteiger partial charge in [0.15, 0.2) is 0 Å². The summed E-state index contributed by atoms with van der Waals surface area (Å²) in [6, 6.07) is 11.0. The molecule has 0 N–H and O–H groups in total. The number of hydrogen-bond donors (Lipinski definition) is 0. The lowest BCUT2D eigenvalue weighted by Gasteiger charge is -2.17. The maximum absolute atomic E-state index is 2.46. The third-order valence-corrected chi connectivity index (χ3v) is 5.91. The third kappa shape index (κ3) is 3.42. The highest BCUT2D eigenvalue weighted by Crippen LogP contribution is 2.50. The summed E-state index contributed by atoms with van der Waals surface area (Å²) in [6.07, 6.45) is 5.52. The minimum absolute atomic E-state index is 0.825. The molecule has 0 unspecified atom stereocenters. The molecule has 0 aliphatic rings. The first-order valence-corrected chi connectivity index (χ1v) is 8.42. The van der Waals surface area contributed by atoms with E-state index in [2.05, 4.69) is 50.6 Å². The van der Waals surface area contributed by atoms with Crippen molar-refractivity contribution in [1.29, 1.82) is 0 Å². The second kappa shape index (κ2) is 5.51. The van der Waals surface area contributed by atoms with Crippen molar-refractivity contribution < 1.29 is 0 Å². The van der Waals surface area contributed by atoms with Gasteiger partial charge in [0.1, 0.15) is 0 Å². The highest BCUT2D eigenvalue weighted by molar-refractivity contribution is 7.81. The fourth-order valence-corrected chi connectivity index (χ4v) is 3.97. The van der Waals surface area contributed by atoms with Crippen LogP contribution in [0.3, 0.4) is 0 Å². The molecule has 1 aromatic carbocycles. The van der Waals surface area contributed by atoms with E-state index in [1.807, 2.05) is 0 Å². The summed E-state index contributed by atoms with van der Waals surface area (Å²) in [7, 11) is -0.825. The van der Waals surface area contributed by atoms with Crippen LogP contribution in [0.4, 0.5) is 0 Å². The molecule has 0 amide bonds. The molecule has 0 saturated carbocycles. The van der Waals surface area contributed by atoms with Crippen LogP contribution in [-0.2, 0) is 0 Å². The van der Waals surface area contributed by atoms with Crippen LogP contribution in [-0.4, -0.2) is 19.5 Å². The van der Waals surface area contributed by atoms with Crippen molar-refractivity contribution in [3.05, 3.63) is 30.3 Å². The summed E-state index contributed by atoms with van der Waals surface area (Å²) in [4.78, 5) is 0. The normalized spacial score (nSPS) is 11.6. The summed E-state index contributed by atoms with van der Waals surface area (Å²) in [5, 5.41) is 1.58. The third-order valence-electron chi connectivity index (χ3n) is 2.78. The summed E-state index contributed by atoms with van der Waals surface area (Å²) in [6.45, 7) is 7.18. The molecule has 0 aliphatic carbocycles. The van der Waals surface area contributed by atoms with Crippen molar-refractivity contribution in [2.24, 2.45) is 0 Å². The lowest BCUT2D eigenvalue weighted by atomic mass is 10.3. The van der Waals surface area contributed by atoms with Crippen LogP contribution in [0, 0.1) is 0 Å². The van der Waals surface area contributed by atoms with Gasteiger partial charge in [0.05, 0.1) is 24.8 Å². The van der Waals surface area contributed by atoms with Crippen molar-refractivity contribution in [1.82, 2.24) is 0 Å².